The molecule has 0 amide bonds. The third kappa shape index (κ3) is 5.24. The average molecular weight is 311 g/mol. The Morgan fingerprint density at radius 2 is 2.10 bits per heavy atom. The van der Waals surface area contributed by atoms with Gasteiger partial charge in [0.25, 0.3) is 0 Å². The first kappa shape index (κ1) is 16.7. The fourth-order valence-electron chi connectivity index (χ4n) is 2.20. The lowest BCUT2D eigenvalue weighted by Crippen LogP contribution is -2.35. The van der Waals surface area contributed by atoms with Crippen molar-refractivity contribution in [3.05, 3.63) is 10.6 Å². The molecule has 0 aliphatic heterocycles. The third-order valence-electron chi connectivity index (χ3n) is 3.63. The van der Waals surface area contributed by atoms with Crippen molar-refractivity contribution in [1.82, 2.24) is 10.3 Å². The van der Waals surface area contributed by atoms with E-state index in [2.05, 4.69) is 38.0 Å². The lowest BCUT2D eigenvalue weighted by atomic mass is 10.1. The van der Waals surface area contributed by atoms with Crippen molar-refractivity contribution in [2.24, 2.45) is 0 Å². The van der Waals surface area contributed by atoms with Crippen LogP contribution < -0.4 is 10.2 Å². The highest BCUT2D eigenvalue weighted by Crippen LogP contribution is 2.44. The average Bonchev–Trinajstić information content (AvgIpc) is 3.15. The Morgan fingerprint density at radius 1 is 1.38 bits per heavy atom. The zero-order valence-electron chi connectivity index (χ0n) is 14.0. The van der Waals surface area contributed by atoms with E-state index in [1.54, 1.807) is 7.11 Å². The SMILES string of the molecule is COCCCN(C)c1nc(C2CC2)c(CNC(C)(C)C)s1. The summed E-state index contributed by atoms with van der Waals surface area (Å²) >= 11 is 1.85. The maximum atomic E-state index is 5.13. The summed E-state index contributed by atoms with van der Waals surface area (Å²) in [6.45, 7) is 9.37. The minimum absolute atomic E-state index is 0.148. The molecule has 4 nitrogen and oxygen atoms in total. The first-order chi connectivity index (χ1) is 9.90. The second kappa shape index (κ2) is 7.07. The van der Waals surface area contributed by atoms with Crippen LogP contribution in [0.2, 0.25) is 0 Å². The van der Waals surface area contributed by atoms with E-state index in [0.29, 0.717) is 5.92 Å². The summed E-state index contributed by atoms with van der Waals surface area (Å²) in [5, 5.41) is 4.75. The van der Waals surface area contributed by atoms with Gasteiger partial charge in [0.05, 0.1) is 5.69 Å². The Kier molecular flexibility index (Phi) is 5.63. The van der Waals surface area contributed by atoms with E-state index >= 15 is 0 Å². The molecule has 0 saturated heterocycles. The molecule has 1 aliphatic rings. The number of anilines is 1. The van der Waals surface area contributed by atoms with Crippen LogP contribution in [0.3, 0.4) is 0 Å². The van der Waals surface area contributed by atoms with Crippen molar-refractivity contribution < 1.29 is 4.74 Å². The Balaban J connectivity index is 2.02. The van der Waals surface area contributed by atoms with Gasteiger partial charge in [-0.3, -0.25) is 0 Å². The molecular weight excluding hydrogens is 282 g/mol. The van der Waals surface area contributed by atoms with Gasteiger partial charge in [-0.1, -0.05) is 0 Å². The molecule has 0 spiro atoms. The molecule has 2 rings (SSSR count). The first-order valence-corrected chi connectivity index (χ1v) is 8.67. The Labute approximate surface area is 132 Å². The van der Waals surface area contributed by atoms with Crippen LogP contribution in [-0.2, 0) is 11.3 Å². The Morgan fingerprint density at radius 3 is 2.67 bits per heavy atom. The number of thiazole rings is 1. The lowest BCUT2D eigenvalue weighted by Gasteiger charge is -2.20. The highest BCUT2D eigenvalue weighted by atomic mass is 32.1. The van der Waals surface area contributed by atoms with Crippen LogP contribution in [0.25, 0.3) is 0 Å². The second-order valence-corrected chi connectivity index (χ2v) is 8.01. The van der Waals surface area contributed by atoms with Gasteiger partial charge in [0.1, 0.15) is 0 Å². The van der Waals surface area contributed by atoms with Crippen LogP contribution in [0.15, 0.2) is 0 Å². The van der Waals surface area contributed by atoms with E-state index in [-0.39, 0.29) is 5.54 Å². The molecule has 1 heterocycles. The van der Waals surface area contributed by atoms with Gasteiger partial charge in [0, 0.05) is 50.2 Å². The molecule has 1 N–H and O–H groups in total. The normalized spacial score (nSPS) is 15.5. The van der Waals surface area contributed by atoms with Gasteiger partial charge < -0.3 is 15.0 Å². The van der Waals surface area contributed by atoms with Crippen LogP contribution in [0, 0.1) is 0 Å². The highest BCUT2D eigenvalue weighted by Gasteiger charge is 2.30. The van der Waals surface area contributed by atoms with Gasteiger partial charge in [0.2, 0.25) is 0 Å². The number of methoxy groups -OCH3 is 1. The van der Waals surface area contributed by atoms with Crippen LogP contribution in [0.4, 0.5) is 5.13 Å². The maximum absolute atomic E-state index is 5.13. The molecule has 1 aromatic rings. The third-order valence-corrected chi connectivity index (χ3v) is 4.81. The number of ether oxygens (including phenoxy) is 1. The number of nitrogens with one attached hydrogen (secondary N) is 1. The number of aromatic nitrogens is 1. The van der Waals surface area contributed by atoms with E-state index < -0.39 is 0 Å². The second-order valence-electron chi connectivity index (χ2n) is 6.95. The predicted molar refractivity (Wildman–Crippen MR) is 90.4 cm³/mol. The van der Waals surface area contributed by atoms with Crippen molar-refractivity contribution in [1.29, 1.82) is 0 Å². The van der Waals surface area contributed by atoms with Crippen LogP contribution >= 0.6 is 11.3 Å². The molecule has 5 heteroatoms. The summed E-state index contributed by atoms with van der Waals surface area (Å²) in [4.78, 5) is 8.59. The van der Waals surface area contributed by atoms with Crippen LogP contribution in [0.1, 0.15) is 56.5 Å². The summed E-state index contributed by atoms with van der Waals surface area (Å²) in [6.07, 6.45) is 3.65. The summed E-state index contributed by atoms with van der Waals surface area (Å²) in [6, 6.07) is 0. The van der Waals surface area contributed by atoms with E-state index in [4.69, 9.17) is 9.72 Å². The molecular formula is C16H29N3OS. The lowest BCUT2D eigenvalue weighted by molar-refractivity contribution is 0.196. The monoisotopic (exact) mass is 311 g/mol. The highest BCUT2D eigenvalue weighted by molar-refractivity contribution is 7.15. The molecule has 120 valence electrons. The van der Waals surface area contributed by atoms with E-state index in [1.807, 2.05) is 11.3 Å². The number of nitrogens with zero attached hydrogens (tertiary/aromatic N) is 2. The van der Waals surface area contributed by atoms with Crippen molar-refractivity contribution in [2.45, 2.75) is 58.0 Å². The van der Waals surface area contributed by atoms with Gasteiger partial charge in [-0.2, -0.15) is 0 Å². The smallest absolute Gasteiger partial charge is 0.185 e. The van der Waals surface area contributed by atoms with E-state index in [1.165, 1.54) is 23.4 Å². The largest absolute Gasteiger partial charge is 0.385 e. The molecule has 1 fully saturated rings. The van der Waals surface area contributed by atoms with Gasteiger partial charge in [-0.05, 0) is 40.0 Å². The zero-order chi connectivity index (χ0) is 15.5. The fourth-order valence-corrected chi connectivity index (χ4v) is 3.28. The van der Waals surface area contributed by atoms with Crippen molar-refractivity contribution in [3.63, 3.8) is 0 Å². The molecule has 0 atom stereocenters. The Bertz CT molecular complexity index is 449. The fraction of sp³-hybridized carbons (Fsp3) is 0.812. The Hall–Kier alpha value is -0.650. The van der Waals surface area contributed by atoms with Crippen LogP contribution in [0.5, 0.6) is 0 Å². The summed E-state index contributed by atoms with van der Waals surface area (Å²) in [5.74, 6) is 0.708. The minimum atomic E-state index is 0.148. The standard InChI is InChI=1S/C16H29N3OS/c1-16(2,3)17-11-13-14(12-7-8-12)18-15(21-13)19(4)9-6-10-20-5/h12,17H,6-11H2,1-5H3. The summed E-state index contributed by atoms with van der Waals surface area (Å²) in [7, 11) is 3.89. The van der Waals surface area contributed by atoms with Crippen molar-refractivity contribution in [2.75, 3.05) is 32.2 Å². The number of hydrogen-bond donors (Lipinski definition) is 1. The van der Waals surface area contributed by atoms with E-state index in [0.717, 1.165) is 31.2 Å². The first-order valence-electron chi connectivity index (χ1n) is 7.85. The van der Waals surface area contributed by atoms with Gasteiger partial charge in [-0.25, -0.2) is 4.98 Å². The molecule has 1 aliphatic carbocycles. The summed E-state index contributed by atoms with van der Waals surface area (Å²) in [5.41, 5.74) is 1.49. The quantitative estimate of drug-likeness (QED) is 0.747. The number of rotatable bonds is 8. The molecule has 0 aromatic carbocycles. The number of hydrogen-bond acceptors (Lipinski definition) is 5. The van der Waals surface area contributed by atoms with Gasteiger partial charge in [-0.15, -0.1) is 11.3 Å². The molecule has 0 bridgehead atoms. The molecule has 0 radical (unpaired) electrons. The zero-order valence-corrected chi connectivity index (χ0v) is 14.8. The van der Waals surface area contributed by atoms with Gasteiger partial charge in [0.15, 0.2) is 5.13 Å². The van der Waals surface area contributed by atoms with E-state index in [9.17, 15) is 0 Å². The molecule has 1 saturated carbocycles. The molecule has 0 unspecified atom stereocenters. The van der Waals surface area contributed by atoms with Gasteiger partial charge >= 0.3 is 0 Å². The van der Waals surface area contributed by atoms with Crippen LogP contribution in [-0.4, -0.2) is 37.8 Å². The maximum Gasteiger partial charge on any atom is 0.185 e. The minimum Gasteiger partial charge on any atom is -0.385 e. The molecule has 1 aromatic heterocycles. The topological polar surface area (TPSA) is 37.4 Å². The van der Waals surface area contributed by atoms with Crippen molar-refractivity contribution >= 4 is 16.5 Å². The molecule has 21 heavy (non-hydrogen) atoms. The van der Waals surface area contributed by atoms with Crippen molar-refractivity contribution in [3.8, 4) is 0 Å². The predicted octanol–water partition coefficient (Wildman–Crippen LogP) is 3.38. The summed E-state index contributed by atoms with van der Waals surface area (Å²) < 4.78 is 5.13.